The van der Waals surface area contributed by atoms with Crippen LogP contribution in [0.5, 0.6) is 11.5 Å². The molecule has 2 heterocycles. The van der Waals surface area contributed by atoms with E-state index in [1.807, 2.05) is 0 Å². The first-order valence-electron chi connectivity index (χ1n) is 9.34. The molecule has 14 heteroatoms. The lowest BCUT2D eigenvalue weighted by Gasteiger charge is -2.14. The van der Waals surface area contributed by atoms with E-state index < -0.39 is 102 Å². The van der Waals surface area contributed by atoms with Crippen molar-refractivity contribution < 1.29 is 35.8 Å². The number of halogens is 6. The molecule has 0 spiro atoms. The molecular weight excluding hydrogens is 494 g/mol. The molecule has 0 unspecified atom stereocenters. The monoisotopic (exact) mass is 496 g/mol. The number of nitriles is 4. The van der Waals surface area contributed by atoms with Gasteiger partial charge in [-0.3, -0.25) is 0 Å². The van der Waals surface area contributed by atoms with E-state index in [9.17, 15) is 0 Å². The Kier molecular flexibility index (Phi) is 4.60. The van der Waals surface area contributed by atoms with E-state index in [0.29, 0.717) is 0 Å². The van der Waals surface area contributed by atoms with Gasteiger partial charge in [0.1, 0.15) is 47.3 Å². The van der Waals surface area contributed by atoms with Crippen LogP contribution in [0.2, 0.25) is 0 Å². The van der Waals surface area contributed by atoms with Crippen molar-refractivity contribution in [1.82, 2.24) is 0 Å². The van der Waals surface area contributed by atoms with E-state index in [1.165, 1.54) is 24.3 Å². The summed E-state index contributed by atoms with van der Waals surface area (Å²) in [6.07, 6.45) is 0. The topological polar surface area (TPSA) is 138 Å². The summed E-state index contributed by atoms with van der Waals surface area (Å²) in [7, 11) is 0. The molecule has 0 amide bonds. The Morgan fingerprint density at radius 2 is 0.806 bits per heavy atom. The minimum Gasteiger partial charge on any atom is -0.433 e. The third kappa shape index (κ3) is 2.61. The van der Waals surface area contributed by atoms with Crippen molar-refractivity contribution in [2.75, 3.05) is 10.6 Å². The maximum absolute atomic E-state index is 15.5. The van der Waals surface area contributed by atoms with E-state index in [-0.39, 0.29) is 0 Å². The molecule has 2 aliphatic heterocycles. The molecule has 2 N–H and O–H groups in total. The summed E-state index contributed by atoms with van der Waals surface area (Å²) < 4.78 is 102. The highest BCUT2D eigenvalue weighted by molar-refractivity contribution is 6.06. The van der Waals surface area contributed by atoms with Crippen molar-refractivity contribution in [3.05, 3.63) is 57.8 Å². The summed E-state index contributed by atoms with van der Waals surface area (Å²) in [5.41, 5.74) is -3.35. The first kappa shape index (κ1) is 22.2. The minimum atomic E-state index is -1.92. The molecule has 0 atom stereocenters. The zero-order valence-electron chi connectivity index (χ0n) is 16.9. The van der Waals surface area contributed by atoms with Crippen molar-refractivity contribution in [2.24, 2.45) is 0 Å². The van der Waals surface area contributed by atoms with Crippen molar-refractivity contribution in [1.29, 1.82) is 21.0 Å². The van der Waals surface area contributed by atoms with E-state index in [4.69, 9.17) is 30.5 Å². The fraction of sp³-hybridized carbons (Fsp3) is 0. The summed E-state index contributed by atoms with van der Waals surface area (Å²) >= 11 is 0. The van der Waals surface area contributed by atoms with E-state index in [0.717, 1.165) is 0 Å². The Morgan fingerprint density at radius 3 is 1.11 bits per heavy atom. The summed E-state index contributed by atoms with van der Waals surface area (Å²) in [4.78, 5) is 0. The molecule has 0 aliphatic carbocycles. The van der Waals surface area contributed by atoms with Crippen LogP contribution in [0.15, 0.2) is 22.9 Å². The molecule has 0 bridgehead atoms. The molecule has 0 saturated carbocycles. The third-order valence-electron chi connectivity index (χ3n) is 5.33. The largest absolute Gasteiger partial charge is 0.433 e. The van der Waals surface area contributed by atoms with Crippen molar-refractivity contribution in [3.8, 4) is 35.8 Å². The van der Waals surface area contributed by atoms with Gasteiger partial charge in [-0.1, -0.05) is 0 Å². The number of fused-ring (bicyclic) bond motifs is 4. The van der Waals surface area contributed by atoms with Crippen LogP contribution in [-0.2, 0) is 0 Å². The fourth-order valence-corrected chi connectivity index (χ4v) is 3.79. The Labute approximate surface area is 194 Å². The highest BCUT2D eigenvalue weighted by atomic mass is 19.2. The molecule has 174 valence electrons. The number of nitrogens with zero attached hydrogens (tertiary/aromatic N) is 4. The van der Waals surface area contributed by atoms with E-state index in [1.54, 1.807) is 0 Å². The van der Waals surface area contributed by atoms with Crippen LogP contribution in [0.25, 0.3) is 21.5 Å². The first-order valence-corrected chi connectivity index (χ1v) is 9.34. The molecule has 2 aliphatic rings. The highest BCUT2D eigenvalue weighted by Gasteiger charge is 2.38. The molecule has 0 fully saturated rings. The Balaban J connectivity index is 1.91. The summed E-state index contributed by atoms with van der Waals surface area (Å²) in [5.74, 6) is -14.3. The Bertz CT molecular complexity index is 1590. The predicted octanol–water partition coefficient (Wildman–Crippen LogP) is 4.95. The van der Waals surface area contributed by atoms with Crippen molar-refractivity contribution in [2.45, 2.75) is 0 Å². The van der Waals surface area contributed by atoms with Gasteiger partial charge in [0.05, 0.1) is 21.5 Å². The number of ether oxygens (including phenoxy) is 2. The zero-order valence-corrected chi connectivity index (χ0v) is 16.9. The summed E-state index contributed by atoms with van der Waals surface area (Å²) in [6.45, 7) is 0. The summed E-state index contributed by atoms with van der Waals surface area (Å²) in [6, 6.07) is 5.57. The van der Waals surface area contributed by atoms with Gasteiger partial charge in [0.2, 0.25) is 11.8 Å². The van der Waals surface area contributed by atoms with Gasteiger partial charge in [0.25, 0.3) is 0 Å². The number of anilines is 2. The van der Waals surface area contributed by atoms with Crippen LogP contribution < -0.4 is 20.1 Å². The SMILES string of the molecule is N#CC(C#N)=C1Nc2c(c(F)c3c(F)c4c(F)c5c(c(F)c4c(F)c3c2F)OC(=C(C#N)C#N)N5)O1. The molecule has 3 aromatic rings. The van der Waals surface area contributed by atoms with Crippen molar-refractivity contribution >= 4 is 32.9 Å². The van der Waals surface area contributed by atoms with Gasteiger partial charge in [-0.05, 0) is 0 Å². The molecular formula is C22H2F6N6O2. The van der Waals surface area contributed by atoms with Gasteiger partial charge >= 0.3 is 0 Å². The second-order valence-electron chi connectivity index (χ2n) is 7.10. The van der Waals surface area contributed by atoms with Gasteiger partial charge in [0, 0.05) is 0 Å². The predicted molar refractivity (Wildman–Crippen MR) is 106 cm³/mol. The molecule has 0 radical (unpaired) electrons. The average molecular weight is 496 g/mol. The van der Waals surface area contributed by atoms with E-state index >= 15 is 26.3 Å². The fourth-order valence-electron chi connectivity index (χ4n) is 3.79. The van der Waals surface area contributed by atoms with Crippen molar-refractivity contribution in [3.63, 3.8) is 0 Å². The standard InChI is InChI=1S/C22H2F6N6O2/c23-11-7-9(15(27)19-17(13(7)25)33-21(35-19)5(1-29)2-30)12(24)8-10(11)16(28)20-18(14(8)26)34-22(36-20)6(3-31)4-32/h33-34H. The number of hydrogen-bond donors (Lipinski definition) is 2. The second-order valence-corrected chi connectivity index (χ2v) is 7.10. The normalized spacial score (nSPS) is 12.8. The third-order valence-corrected chi connectivity index (χ3v) is 5.33. The Hall–Kier alpha value is -5.60. The highest BCUT2D eigenvalue weighted by Crippen LogP contribution is 2.50. The van der Waals surface area contributed by atoms with Gasteiger partial charge in [-0.25, -0.2) is 26.3 Å². The van der Waals surface area contributed by atoms with Crippen LogP contribution in [0.3, 0.4) is 0 Å². The molecule has 3 aromatic carbocycles. The Morgan fingerprint density at radius 1 is 0.500 bits per heavy atom. The number of benzene rings is 3. The first-order chi connectivity index (χ1) is 17.2. The lowest BCUT2D eigenvalue weighted by Crippen LogP contribution is -2.03. The van der Waals surface area contributed by atoms with Gasteiger partial charge in [-0.2, -0.15) is 21.0 Å². The number of hydrogen-bond acceptors (Lipinski definition) is 8. The zero-order chi connectivity index (χ0) is 26.0. The van der Waals surface area contributed by atoms with Crippen LogP contribution >= 0.6 is 0 Å². The lowest BCUT2D eigenvalue weighted by molar-refractivity contribution is 0.422. The molecule has 5 rings (SSSR count). The number of allylic oxidation sites excluding steroid dienone is 2. The maximum Gasteiger partial charge on any atom is 0.227 e. The second kappa shape index (κ2) is 7.45. The average Bonchev–Trinajstić information content (AvgIpc) is 3.50. The molecule has 0 saturated heterocycles. The van der Waals surface area contributed by atoms with Crippen LogP contribution in [0.4, 0.5) is 37.7 Å². The van der Waals surface area contributed by atoms with Gasteiger partial charge < -0.3 is 20.1 Å². The van der Waals surface area contributed by atoms with Crippen LogP contribution in [0, 0.1) is 80.2 Å². The smallest absolute Gasteiger partial charge is 0.227 e. The summed E-state index contributed by atoms with van der Waals surface area (Å²) in [5, 5.41) is 34.1. The van der Waals surface area contributed by atoms with Crippen LogP contribution in [-0.4, -0.2) is 0 Å². The maximum atomic E-state index is 15.5. The molecule has 36 heavy (non-hydrogen) atoms. The minimum absolute atomic E-state index is 0.729. The number of nitrogens with one attached hydrogen (secondary N) is 2. The van der Waals surface area contributed by atoms with Gasteiger partial charge in [0.15, 0.2) is 45.9 Å². The van der Waals surface area contributed by atoms with E-state index in [2.05, 4.69) is 10.6 Å². The number of rotatable bonds is 0. The molecule has 8 nitrogen and oxygen atoms in total. The van der Waals surface area contributed by atoms with Gasteiger partial charge in [-0.15, -0.1) is 0 Å². The lowest BCUT2D eigenvalue weighted by atomic mass is 9.98. The van der Waals surface area contributed by atoms with Crippen LogP contribution in [0.1, 0.15) is 0 Å². The molecule has 0 aromatic heterocycles. The quantitative estimate of drug-likeness (QED) is 0.253.